The Morgan fingerprint density at radius 2 is 2.36 bits per heavy atom. The number of aldehydes is 1. The number of terminal acetylenes is 1. The number of hydrogen-bond donors (Lipinski definition) is 0. The summed E-state index contributed by atoms with van der Waals surface area (Å²) in [6.07, 6.45) is 6.03. The maximum atomic E-state index is 10.4. The molecule has 0 aliphatic carbocycles. The molecule has 0 spiro atoms. The molecule has 0 aliphatic heterocycles. The molecule has 1 nitrogen and oxygen atoms in total. The van der Waals surface area contributed by atoms with Gasteiger partial charge in [0.25, 0.3) is 0 Å². The molecule has 1 rings (SSSR count). The molecule has 0 N–H and O–H groups in total. The van der Waals surface area contributed by atoms with Crippen LogP contribution in [0.15, 0.2) is 4.47 Å². The van der Waals surface area contributed by atoms with Gasteiger partial charge in [-0.2, -0.15) is 0 Å². The first-order chi connectivity index (χ1) is 5.20. The summed E-state index contributed by atoms with van der Waals surface area (Å²) in [6, 6.07) is 0. The summed E-state index contributed by atoms with van der Waals surface area (Å²) in [5.41, 5.74) is 0.929. The first kappa shape index (κ1) is 8.51. The van der Waals surface area contributed by atoms with Crippen molar-refractivity contribution in [1.82, 2.24) is 0 Å². The van der Waals surface area contributed by atoms with E-state index in [1.54, 1.807) is 0 Å². The highest BCUT2D eigenvalue weighted by molar-refractivity contribution is 9.10. The molecule has 0 unspecified atom stereocenters. The van der Waals surface area contributed by atoms with Gasteiger partial charge in [0.1, 0.15) is 0 Å². The molecule has 56 valence electrons. The van der Waals surface area contributed by atoms with Crippen LogP contribution in [0.3, 0.4) is 0 Å². The SMILES string of the molecule is C#Cc1sc(C=O)c(C)c1Br. The third-order valence-corrected chi connectivity index (χ3v) is 3.75. The van der Waals surface area contributed by atoms with Gasteiger partial charge in [0.05, 0.1) is 9.75 Å². The summed E-state index contributed by atoms with van der Waals surface area (Å²) in [7, 11) is 0. The number of hydrogen-bond acceptors (Lipinski definition) is 2. The van der Waals surface area contributed by atoms with Gasteiger partial charge >= 0.3 is 0 Å². The second-order valence-corrected chi connectivity index (χ2v) is 3.84. The molecule has 0 aromatic carbocycles. The van der Waals surface area contributed by atoms with Crippen LogP contribution in [0.1, 0.15) is 20.1 Å². The lowest BCUT2D eigenvalue weighted by Gasteiger charge is -1.85. The van der Waals surface area contributed by atoms with Gasteiger partial charge in [-0.3, -0.25) is 4.79 Å². The zero-order valence-corrected chi connectivity index (χ0v) is 8.25. The van der Waals surface area contributed by atoms with E-state index in [-0.39, 0.29) is 0 Å². The summed E-state index contributed by atoms with van der Waals surface area (Å²) in [6.45, 7) is 1.87. The normalized spacial score (nSPS) is 9.18. The number of carbonyl (C=O) groups excluding carboxylic acids is 1. The van der Waals surface area contributed by atoms with Crippen molar-refractivity contribution in [3.63, 3.8) is 0 Å². The second-order valence-electron chi connectivity index (χ2n) is 2.00. The van der Waals surface area contributed by atoms with Crippen molar-refractivity contribution in [1.29, 1.82) is 0 Å². The van der Waals surface area contributed by atoms with Crippen molar-refractivity contribution in [3.05, 3.63) is 19.8 Å². The van der Waals surface area contributed by atoms with E-state index >= 15 is 0 Å². The maximum Gasteiger partial charge on any atom is 0.160 e. The summed E-state index contributed by atoms with van der Waals surface area (Å²) >= 11 is 4.65. The molecule has 0 radical (unpaired) electrons. The van der Waals surface area contributed by atoms with Crippen molar-refractivity contribution in [2.24, 2.45) is 0 Å². The minimum absolute atomic E-state index is 0.699. The van der Waals surface area contributed by atoms with Crippen molar-refractivity contribution in [3.8, 4) is 12.3 Å². The lowest BCUT2D eigenvalue weighted by molar-refractivity contribution is 0.112. The van der Waals surface area contributed by atoms with Crippen molar-refractivity contribution in [2.45, 2.75) is 6.92 Å². The smallest absolute Gasteiger partial charge is 0.160 e. The first-order valence-corrected chi connectivity index (χ1v) is 4.52. The van der Waals surface area contributed by atoms with Gasteiger partial charge in [-0.25, -0.2) is 0 Å². The molecule has 3 heteroatoms. The van der Waals surface area contributed by atoms with E-state index in [2.05, 4.69) is 21.9 Å². The average Bonchev–Trinajstić information content (AvgIpc) is 2.30. The van der Waals surface area contributed by atoms with Crippen LogP contribution in [0, 0.1) is 19.3 Å². The second kappa shape index (κ2) is 3.21. The summed E-state index contributed by atoms with van der Waals surface area (Å²) < 4.78 is 0.868. The van der Waals surface area contributed by atoms with Gasteiger partial charge in [-0.1, -0.05) is 5.92 Å². The maximum absolute atomic E-state index is 10.4. The highest BCUT2D eigenvalue weighted by atomic mass is 79.9. The van der Waals surface area contributed by atoms with Gasteiger partial charge in [0.2, 0.25) is 0 Å². The first-order valence-electron chi connectivity index (χ1n) is 2.91. The molecular formula is C8H5BrOS. The van der Waals surface area contributed by atoms with Crippen LogP contribution >= 0.6 is 27.3 Å². The quantitative estimate of drug-likeness (QED) is 0.534. The average molecular weight is 229 g/mol. The summed E-state index contributed by atoms with van der Waals surface area (Å²) in [4.78, 5) is 11.9. The molecule has 0 amide bonds. The summed E-state index contributed by atoms with van der Waals surface area (Å²) in [5.74, 6) is 2.50. The Labute approximate surface area is 77.6 Å². The third-order valence-electron chi connectivity index (χ3n) is 1.35. The Bertz CT molecular complexity index is 333. The largest absolute Gasteiger partial charge is 0.297 e. The zero-order chi connectivity index (χ0) is 8.43. The monoisotopic (exact) mass is 228 g/mol. The van der Waals surface area contributed by atoms with E-state index in [0.717, 1.165) is 21.2 Å². The van der Waals surface area contributed by atoms with Crippen LogP contribution in [0.2, 0.25) is 0 Å². The topological polar surface area (TPSA) is 17.1 Å². The standard InChI is InChI=1S/C8H5BrOS/c1-3-6-8(9)5(2)7(4-10)11-6/h1,4H,2H3. The van der Waals surface area contributed by atoms with E-state index in [1.807, 2.05) is 6.92 Å². The molecule has 0 atom stereocenters. The lowest BCUT2D eigenvalue weighted by atomic mass is 10.3. The minimum atomic E-state index is 0.699. The fourth-order valence-electron chi connectivity index (χ4n) is 0.715. The van der Waals surface area contributed by atoms with Crippen LogP contribution in [-0.4, -0.2) is 6.29 Å². The molecule has 0 fully saturated rings. The van der Waals surface area contributed by atoms with E-state index in [9.17, 15) is 4.79 Å². The Morgan fingerprint density at radius 1 is 1.73 bits per heavy atom. The molecular weight excluding hydrogens is 224 g/mol. The molecule has 1 heterocycles. The predicted octanol–water partition coefficient (Wildman–Crippen LogP) is 2.61. The Morgan fingerprint density at radius 3 is 2.64 bits per heavy atom. The van der Waals surface area contributed by atoms with Crippen LogP contribution in [0.25, 0.3) is 0 Å². The fourth-order valence-corrected chi connectivity index (χ4v) is 2.24. The zero-order valence-electron chi connectivity index (χ0n) is 5.85. The van der Waals surface area contributed by atoms with Crippen LogP contribution in [0.4, 0.5) is 0 Å². The van der Waals surface area contributed by atoms with Gasteiger partial charge in [-0.15, -0.1) is 17.8 Å². The lowest BCUT2D eigenvalue weighted by Crippen LogP contribution is -1.75. The molecule has 0 bridgehead atoms. The van der Waals surface area contributed by atoms with Crippen molar-refractivity contribution < 1.29 is 4.79 Å². The molecule has 0 saturated heterocycles. The van der Waals surface area contributed by atoms with Crippen molar-refractivity contribution >= 4 is 33.6 Å². The Balaban J connectivity index is 3.37. The van der Waals surface area contributed by atoms with E-state index in [4.69, 9.17) is 6.42 Å². The Kier molecular flexibility index (Phi) is 2.48. The molecule has 11 heavy (non-hydrogen) atoms. The number of thiophene rings is 1. The number of carbonyl (C=O) groups is 1. The minimum Gasteiger partial charge on any atom is -0.297 e. The van der Waals surface area contributed by atoms with Gasteiger partial charge < -0.3 is 0 Å². The Hall–Kier alpha value is -0.590. The van der Waals surface area contributed by atoms with Gasteiger partial charge in [0, 0.05) is 4.47 Å². The predicted molar refractivity (Wildman–Crippen MR) is 50.1 cm³/mol. The molecule has 0 saturated carbocycles. The van der Waals surface area contributed by atoms with E-state index in [0.29, 0.717) is 4.88 Å². The van der Waals surface area contributed by atoms with E-state index < -0.39 is 0 Å². The van der Waals surface area contributed by atoms with E-state index in [1.165, 1.54) is 11.3 Å². The summed E-state index contributed by atoms with van der Waals surface area (Å²) in [5, 5.41) is 0. The van der Waals surface area contributed by atoms with Crippen LogP contribution in [0.5, 0.6) is 0 Å². The number of rotatable bonds is 1. The number of halogens is 1. The van der Waals surface area contributed by atoms with Gasteiger partial charge in [0.15, 0.2) is 6.29 Å². The highest BCUT2D eigenvalue weighted by Crippen LogP contribution is 2.30. The molecule has 0 aliphatic rings. The molecule has 1 aromatic heterocycles. The van der Waals surface area contributed by atoms with Gasteiger partial charge in [-0.05, 0) is 28.4 Å². The van der Waals surface area contributed by atoms with Crippen LogP contribution in [-0.2, 0) is 0 Å². The fraction of sp³-hybridized carbons (Fsp3) is 0.125. The molecule has 1 aromatic rings. The van der Waals surface area contributed by atoms with Crippen molar-refractivity contribution in [2.75, 3.05) is 0 Å². The third kappa shape index (κ3) is 1.37. The highest BCUT2D eigenvalue weighted by Gasteiger charge is 2.09. The van der Waals surface area contributed by atoms with Crippen LogP contribution < -0.4 is 0 Å².